The van der Waals surface area contributed by atoms with E-state index >= 15 is 0 Å². The molecule has 1 aliphatic rings. The van der Waals surface area contributed by atoms with Gasteiger partial charge in [-0.05, 0) is 18.3 Å². The van der Waals surface area contributed by atoms with Crippen molar-refractivity contribution in [2.45, 2.75) is 45.7 Å². The Labute approximate surface area is 69.0 Å². The largest absolute Gasteiger partial charge is 0.395 e. The molecule has 0 aromatic rings. The van der Waals surface area contributed by atoms with Crippen LogP contribution in [0.15, 0.2) is 0 Å². The van der Waals surface area contributed by atoms with Crippen molar-refractivity contribution in [1.82, 2.24) is 5.32 Å². The summed E-state index contributed by atoms with van der Waals surface area (Å²) in [6, 6.07) is 0.946. The summed E-state index contributed by atoms with van der Waals surface area (Å²) in [5.74, 6) is 0. The number of hydrogen-bond donors (Lipinski definition) is 2. The Morgan fingerprint density at radius 3 is 2.27 bits per heavy atom. The van der Waals surface area contributed by atoms with Crippen molar-refractivity contribution in [3.8, 4) is 0 Å². The zero-order chi connectivity index (χ0) is 8.48. The first-order chi connectivity index (χ1) is 5.04. The van der Waals surface area contributed by atoms with Gasteiger partial charge in [0.05, 0.1) is 6.61 Å². The minimum absolute atomic E-state index is 0.178. The monoisotopic (exact) mass is 157 g/mol. The van der Waals surface area contributed by atoms with Gasteiger partial charge in [0.25, 0.3) is 0 Å². The van der Waals surface area contributed by atoms with Crippen molar-refractivity contribution in [1.29, 1.82) is 0 Å². The van der Waals surface area contributed by atoms with Crippen LogP contribution in [-0.4, -0.2) is 23.8 Å². The summed E-state index contributed by atoms with van der Waals surface area (Å²) >= 11 is 0. The third kappa shape index (κ3) is 2.80. The van der Waals surface area contributed by atoms with Gasteiger partial charge in [0, 0.05) is 12.1 Å². The number of hydrogen-bond acceptors (Lipinski definition) is 2. The van der Waals surface area contributed by atoms with Gasteiger partial charge in [-0.25, -0.2) is 0 Å². The maximum absolute atomic E-state index is 9.08. The van der Waals surface area contributed by atoms with Gasteiger partial charge >= 0.3 is 0 Å². The quantitative estimate of drug-likeness (QED) is 0.644. The molecule has 1 atom stereocenters. The van der Waals surface area contributed by atoms with Crippen molar-refractivity contribution in [2.24, 2.45) is 5.41 Å². The number of aliphatic hydroxyl groups excluding tert-OH is 1. The fraction of sp³-hybridized carbons (Fsp3) is 1.00. The molecule has 2 heteroatoms. The molecule has 0 saturated heterocycles. The van der Waals surface area contributed by atoms with Crippen LogP contribution in [0.5, 0.6) is 0 Å². The van der Waals surface area contributed by atoms with Crippen LogP contribution in [0.25, 0.3) is 0 Å². The van der Waals surface area contributed by atoms with Crippen molar-refractivity contribution in [2.75, 3.05) is 6.61 Å². The van der Waals surface area contributed by atoms with Crippen LogP contribution in [0.4, 0.5) is 0 Å². The standard InChI is InChI=1S/C9H19NO/c1-9(2,3)8(6-11)10-7-4-5-7/h7-8,10-11H,4-6H2,1-3H3. The molecule has 1 unspecified atom stereocenters. The van der Waals surface area contributed by atoms with Crippen LogP contribution in [0.2, 0.25) is 0 Å². The molecule has 0 bridgehead atoms. The second-order valence-electron chi connectivity index (χ2n) is 4.54. The minimum atomic E-state index is 0.178. The molecule has 1 rings (SSSR count). The van der Waals surface area contributed by atoms with Gasteiger partial charge in [-0.2, -0.15) is 0 Å². The molecular weight excluding hydrogens is 138 g/mol. The van der Waals surface area contributed by atoms with Crippen LogP contribution in [0, 0.1) is 5.41 Å². The molecule has 1 fully saturated rings. The van der Waals surface area contributed by atoms with Crippen LogP contribution in [-0.2, 0) is 0 Å². The SMILES string of the molecule is CC(C)(C)C(CO)NC1CC1. The van der Waals surface area contributed by atoms with E-state index in [1.54, 1.807) is 0 Å². The van der Waals surface area contributed by atoms with Gasteiger partial charge in [0.1, 0.15) is 0 Å². The first kappa shape index (κ1) is 9.01. The topological polar surface area (TPSA) is 32.3 Å². The Kier molecular flexibility index (Phi) is 2.55. The highest BCUT2D eigenvalue weighted by atomic mass is 16.3. The van der Waals surface area contributed by atoms with Gasteiger partial charge in [-0.3, -0.25) is 0 Å². The molecule has 0 aromatic carbocycles. The Bertz CT molecular complexity index is 124. The lowest BCUT2D eigenvalue weighted by Gasteiger charge is -2.30. The van der Waals surface area contributed by atoms with E-state index in [0.29, 0.717) is 6.04 Å². The zero-order valence-electron chi connectivity index (χ0n) is 7.72. The van der Waals surface area contributed by atoms with Crippen molar-refractivity contribution < 1.29 is 5.11 Å². The molecule has 0 amide bonds. The summed E-state index contributed by atoms with van der Waals surface area (Å²) in [5, 5.41) is 12.5. The molecule has 1 aliphatic carbocycles. The van der Waals surface area contributed by atoms with E-state index in [0.717, 1.165) is 0 Å². The highest BCUT2D eigenvalue weighted by Gasteiger charge is 2.30. The van der Waals surface area contributed by atoms with Crippen LogP contribution < -0.4 is 5.32 Å². The molecule has 0 aliphatic heterocycles. The number of aliphatic hydroxyl groups is 1. The van der Waals surface area contributed by atoms with E-state index < -0.39 is 0 Å². The Balaban J connectivity index is 2.34. The summed E-state index contributed by atoms with van der Waals surface area (Å²) in [6.07, 6.45) is 2.57. The van der Waals surface area contributed by atoms with Crippen molar-refractivity contribution in [3.63, 3.8) is 0 Å². The summed E-state index contributed by atoms with van der Waals surface area (Å²) in [4.78, 5) is 0. The van der Waals surface area contributed by atoms with E-state index in [1.807, 2.05) is 0 Å². The van der Waals surface area contributed by atoms with E-state index in [-0.39, 0.29) is 18.1 Å². The van der Waals surface area contributed by atoms with Crippen LogP contribution in [0.3, 0.4) is 0 Å². The number of nitrogens with one attached hydrogen (secondary N) is 1. The molecule has 1 saturated carbocycles. The van der Waals surface area contributed by atoms with Gasteiger partial charge < -0.3 is 10.4 Å². The Hall–Kier alpha value is -0.0800. The molecule has 0 spiro atoms. The normalized spacial score (nSPS) is 21.8. The first-order valence-corrected chi connectivity index (χ1v) is 4.41. The van der Waals surface area contributed by atoms with E-state index in [9.17, 15) is 0 Å². The smallest absolute Gasteiger partial charge is 0.0589 e. The Morgan fingerprint density at radius 1 is 1.45 bits per heavy atom. The third-order valence-electron chi connectivity index (χ3n) is 2.24. The molecular formula is C9H19NO. The van der Waals surface area contributed by atoms with E-state index in [2.05, 4.69) is 26.1 Å². The molecule has 2 N–H and O–H groups in total. The highest BCUT2D eigenvalue weighted by Crippen LogP contribution is 2.25. The van der Waals surface area contributed by atoms with Gasteiger partial charge in [-0.1, -0.05) is 20.8 Å². The van der Waals surface area contributed by atoms with Gasteiger partial charge in [-0.15, -0.1) is 0 Å². The minimum Gasteiger partial charge on any atom is -0.395 e. The average molecular weight is 157 g/mol. The molecule has 0 heterocycles. The fourth-order valence-electron chi connectivity index (χ4n) is 1.11. The summed E-state index contributed by atoms with van der Waals surface area (Å²) in [7, 11) is 0. The zero-order valence-corrected chi connectivity index (χ0v) is 7.72. The maximum Gasteiger partial charge on any atom is 0.0589 e. The summed E-state index contributed by atoms with van der Waals surface area (Å²) in [5.41, 5.74) is 0.178. The molecule has 0 radical (unpaired) electrons. The highest BCUT2D eigenvalue weighted by molar-refractivity contribution is 4.89. The maximum atomic E-state index is 9.08. The summed E-state index contributed by atoms with van der Waals surface area (Å²) in [6.45, 7) is 6.72. The third-order valence-corrected chi connectivity index (χ3v) is 2.24. The summed E-state index contributed by atoms with van der Waals surface area (Å²) < 4.78 is 0. The van der Waals surface area contributed by atoms with Gasteiger partial charge in [0.15, 0.2) is 0 Å². The van der Waals surface area contributed by atoms with Gasteiger partial charge in [0.2, 0.25) is 0 Å². The average Bonchev–Trinajstić information content (AvgIpc) is 2.62. The molecule has 2 nitrogen and oxygen atoms in total. The van der Waals surface area contributed by atoms with Crippen molar-refractivity contribution >= 4 is 0 Å². The lowest BCUT2D eigenvalue weighted by Crippen LogP contribution is -2.44. The first-order valence-electron chi connectivity index (χ1n) is 4.41. The van der Waals surface area contributed by atoms with E-state index in [4.69, 9.17) is 5.11 Å². The molecule has 11 heavy (non-hydrogen) atoms. The van der Waals surface area contributed by atoms with Crippen LogP contribution in [0.1, 0.15) is 33.6 Å². The van der Waals surface area contributed by atoms with Crippen LogP contribution >= 0.6 is 0 Å². The predicted molar refractivity (Wildman–Crippen MR) is 46.5 cm³/mol. The molecule has 0 aromatic heterocycles. The predicted octanol–water partition coefficient (Wildman–Crippen LogP) is 1.15. The lowest BCUT2D eigenvalue weighted by molar-refractivity contribution is 0.158. The second-order valence-corrected chi connectivity index (χ2v) is 4.54. The Morgan fingerprint density at radius 2 is 2.00 bits per heavy atom. The fourth-order valence-corrected chi connectivity index (χ4v) is 1.11. The number of rotatable bonds is 3. The second kappa shape index (κ2) is 3.11. The van der Waals surface area contributed by atoms with Crippen molar-refractivity contribution in [3.05, 3.63) is 0 Å². The molecule has 66 valence electrons. The lowest BCUT2D eigenvalue weighted by atomic mass is 9.87. The van der Waals surface area contributed by atoms with E-state index in [1.165, 1.54) is 12.8 Å².